The van der Waals surface area contributed by atoms with Crippen molar-refractivity contribution in [1.82, 2.24) is 10.6 Å². The minimum atomic E-state index is -0.633. The number of halogens is 1. The lowest BCUT2D eigenvalue weighted by molar-refractivity contribution is -0.123. The number of alkyl halides is 1. The second-order valence-corrected chi connectivity index (χ2v) is 2.52. The van der Waals surface area contributed by atoms with Gasteiger partial charge in [0.05, 0.1) is 6.54 Å². The second-order valence-electron chi connectivity index (χ2n) is 1.99. The van der Waals surface area contributed by atoms with Crippen LogP contribution < -0.4 is 10.6 Å². The van der Waals surface area contributed by atoms with Crippen LogP contribution in [0.5, 0.6) is 0 Å². The Morgan fingerprint density at radius 2 is 2.10 bits per heavy atom. The molecule has 5 heteroatoms. The lowest BCUT2D eigenvalue weighted by Gasteiger charge is -2.00. The molecule has 1 aliphatic rings. The Kier molecular flexibility index (Phi) is 2.11. The Balaban J connectivity index is 2.54. The Morgan fingerprint density at radius 1 is 1.40 bits per heavy atom. The van der Waals surface area contributed by atoms with E-state index in [0.717, 1.165) is 0 Å². The first-order valence-electron chi connectivity index (χ1n) is 2.88. The maximum absolute atomic E-state index is 10.7. The summed E-state index contributed by atoms with van der Waals surface area (Å²) in [6.07, 6.45) is 0. The van der Waals surface area contributed by atoms with Gasteiger partial charge in [0.25, 0.3) is 0 Å². The molecule has 2 amide bonds. The molecular formula is C5H7ClN2O2. The highest BCUT2D eigenvalue weighted by atomic mass is 35.5. The van der Waals surface area contributed by atoms with Crippen molar-refractivity contribution in [3.05, 3.63) is 0 Å². The molecule has 4 nitrogen and oxygen atoms in total. The zero-order chi connectivity index (χ0) is 7.56. The van der Waals surface area contributed by atoms with Gasteiger partial charge in [-0.2, -0.15) is 0 Å². The molecule has 1 aliphatic heterocycles. The molecule has 1 fully saturated rings. The minimum absolute atomic E-state index is 0.0298. The monoisotopic (exact) mass is 162 g/mol. The molecule has 0 aromatic carbocycles. The molecular weight excluding hydrogens is 156 g/mol. The summed E-state index contributed by atoms with van der Waals surface area (Å²) < 4.78 is 0. The fraction of sp³-hybridized carbons (Fsp3) is 0.600. The summed E-state index contributed by atoms with van der Waals surface area (Å²) in [6.45, 7) is 0.244. The number of nitrogens with one attached hydrogen (secondary N) is 2. The largest absolute Gasteiger partial charge is 0.353 e. The molecule has 0 aromatic heterocycles. The third-order valence-electron chi connectivity index (χ3n) is 1.19. The van der Waals surface area contributed by atoms with Crippen LogP contribution in [0, 0.1) is 0 Å². The molecule has 0 aromatic rings. The van der Waals surface area contributed by atoms with Gasteiger partial charge in [-0.3, -0.25) is 9.59 Å². The van der Waals surface area contributed by atoms with Gasteiger partial charge in [-0.1, -0.05) is 0 Å². The first-order chi connectivity index (χ1) is 4.70. The average molecular weight is 163 g/mol. The standard InChI is InChI=1S/C5H7ClN2O2/c6-3-1-7-4(9)2-8-5(3)10/h3H,1-2H2,(H,7,9)(H,8,10). The molecule has 1 atom stereocenters. The first kappa shape index (κ1) is 7.34. The number of amides is 2. The van der Waals surface area contributed by atoms with Gasteiger partial charge < -0.3 is 10.6 Å². The van der Waals surface area contributed by atoms with E-state index in [1.807, 2.05) is 0 Å². The molecule has 1 rings (SSSR count). The van der Waals surface area contributed by atoms with Crippen molar-refractivity contribution in [2.75, 3.05) is 13.1 Å². The van der Waals surface area contributed by atoms with E-state index in [4.69, 9.17) is 11.6 Å². The van der Waals surface area contributed by atoms with Gasteiger partial charge in [-0.15, -0.1) is 11.6 Å². The van der Waals surface area contributed by atoms with Crippen LogP contribution in [0.25, 0.3) is 0 Å². The van der Waals surface area contributed by atoms with Crippen molar-refractivity contribution in [1.29, 1.82) is 0 Å². The molecule has 0 saturated carbocycles. The third kappa shape index (κ3) is 1.60. The summed E-state index contributed by atoms with van der Waals surface area (Å²) in [4.78, 5) is 21.3. The molecule has 0 aliphatic carbocycles. The maximum atomic E-state index is 10.7. The third-order valence-corrected chi connectivity index (χ3v) is 1.54. The predicted molar refractivity (Wildman–Crippen MR) is 35.7 cm³/mol. The van der Waals surface area contributed by atoms with E-state index in [9.17, 15) is 9.59 Å². The van der Waals surface area contributed by atoms with Crippen LogP contribution in [-0.4, -0.2) is 30.3 Å². The summed E-state index contributed by atoms with van der Waals surface area (Å²) in [7, 11) is 0. The van der Waals surface area contributed by atoms with Crippen LogP contribution in [0.1, 0.15) is 0 Å². The average Bonchev–Trinajstić information content (AvgIpc) is 2.04. The van der Waals surface area contributed by atoms with Crippen molar-refractivity contribution in [3.8, 4) is 0 Å². The highest BCUT2D eigenvalue weighted by Gasteiger charge is 2.20. The van der Waals surface area contributed by atoms with Gasteiger partial charge in [0.1, 0.15) is 5.38 Å². The van der Waals surface area contributed by atoms with Gasteiger partial charge in [-0.05, 0) is 0 Å². The minimum Gasteiger partial charge on any atom is -0.353 e. The summed E-state index contributed by atoms with van der Waals surface area (Å²) in [5.74, 6) is -0.489. The zero-order valence-corrected chi connectivity index (χ0v) is 5.94. The molecule has 1 unspecified atom stereocenters. The second kappa shape index (κ2) is 2.88. The van der Waals surface area contributed by atoms with Crippen LogP contribution in [0.3, 0.4) is 0 Å². The maximum Gasteiger partial charge on any atom is 0.240 e. The Labute approximate surface area is 62.9 Å². The fourth-order valence-electron chi connectivity index (χ4n) is 0.637. The topological polar surface area (TPSA) is 58.2 Å². The molecule has 2 N–H and O–H groups in total. The Bertz CT molecular complexity index is 171. The number of carbonyl (C=O) groups excluding carboxylic acids is 2. The molecule has 1 heterocycles. The van der Waals surface area contributed by atoms with E-state index >= 15 is 0 Å². The van der Waals surface area contributed by atoms with Crippen LogP contribution >= 0.6 is 11.6 Å². The van der Waals surface area contributed by atoms with Gasteiger partial charge in [0, 0.05) is 6.54 Å². The normalized spacial score (nSPS) is 26.7. The fourth-order valence-corrected chi connectivity index (χ4v) is 0.791. The number of hydrogen-bond donors (Lipinski definition) is 2. The highest BCUT2D eigenvalue weighted by Crippen LogP contribution is 1.95. The van der Waals surface area contributed by atoms with Crippen LogP contribution in [-0.2, 0) is 9.59 Å². The summed E-state index contributed by atoms with van der Waals surface area (Å²) in [5, 5.41) is 4.20. The lowest BCUT2D eigenvalue weighted by Crippen LogP contribution is -2.31. The van der Waals surface area contributed by atoms with E-state index in [1.165, 1.54) is 0 Å². The van der Waals surface area contributed by atoms with E-state index < -0.39 is 5.38 Å². The van der Waals surface area contributed by atoms with E-state index in [-0.39, 0.29) is 24.9 Å². The van der Waals surface area contributed by atoms with Crippen molar-refractivity contribution < 1.29 is 9.59 Å². The van der Waals surface area contributed by atoms with Crippen molar-refractivity contribution in [2.45, 2.75) is 5.38 Å². The SMILES string of the molecule is O=C1CNC(=O)C(Cl)CN1. The van der Waals surface area contributed by atoms with Gasteiger partial charge >= 0.3 is 0 Å². The zero-order valence-electron chi connectivity index (χ0n) is 5.19. The lowest BCUT2D eigenvalue weighted by atomic mass is 10.4. The number of hydrogen-bond acceptors (Lipinski definition) is 2. The van der Waals surface area contributed by atoms with E-state index in [1.54, 1.807) is 0 Å². The van der Waals surface area contributed by atoms with Crippen LogP contribution in [0.2, 0.25) is 0 Å². The number of rotatable bonds is 0. The van der Waals surface area contributed by atoms with Crippen LogP contribution in [0.4, 0.5) is 0 Å². The summed E-state index contributed by atoms with van der Waals surface area (Å²) >= 11 is 5.51. The first-order valence-corrected chi connectivity index (χ1v) is 3.32. The molecule has 56 valence electrons. The molecule has 0 bridgehead atoms. The van der Waals surface area contributed by atoms with Gasteiger partial charge in [0.2, 0.25) is 11.8 Å². The number of carbonyl (C=O) groups is 2. The summed E-state index contributed by atoms with van der Waals surface area (Å²) in [6, 6.07) is 0. The molecule has 0 spiro atoms. The van der Waals surface area contributed by atoms with E-state index in [2.05, 4.69) is 10.6 Å². The van der Waals surface area contributed by atoms with Gasteiger partial charge in [0.15, 0.2) is 0 Å². The quantitative estimate of drug-likeness (QED) is 0.442. The highest BCUT2D eigenvalue weighted by molar-refractivity contribution is 6.31. The van der Waals surface area contributed by atoms with Crippen LogP contribution in [0.15, 0.2) is 0 Å². The summed E-state index contributed by atoms with van der Waals surface area (Å²) in [5.41, 5.74) is 0. The Morgan fingerprint density at radius 3 is 2.80 bits per heavy atom. The van der Waals surface area contributed by atoms with Crippen molar-refractivity contribution in [3.63, 3.8) is 0 Å². The van der Waals surface area contributed by atoms with Crippen molar-refractivity contribution in [2.24, 2.45) is 0 Å². The smallest absolute Gasteiger partial charge is 0.240 e. The Hall–Kier alpha value is -0.770. The predicted octanol–water partition coefficient (Wildman–Crippen LogP) is -1.16. The molecule has 10 heavy (non-hydrogen) atoms. The van der Waals surface area contributed by atoms with Crippen molar-refractivity contribution >= 4 is 23.4 Å². The van der Waals surface area contributed by atoms with E-state index in [0.29, 0.717) is 0 Å². The van der Waals surface area contributed by atoms with Gasteiger partial charge in [-0.25, -0.2) is 0 Å². The molecule has 0 radical (unpaired) electrons. The molecule has 1 saturated heterocycles.